The van der Waals surface area contributed by atoms with Gasteiger partial charge in [0.05, 0.1) is 4.92 Å². The maximum absolute atomic E-state index is 11.9. The molecule has 0 saturated heterocycles. The highest BCUT2D eigenvalue weighted by Gasteiger charge is 2.16. The van der Waals surface area contributed by atoms with Crippen LogP contribution in [0.5, 0.6) is 0 Å². The first kappa shape index (κ1) is 16.5. The summed E-state index contributed by atoms with van der Waals surface area (Å²) < 4.78 is 0.596. The van der Waals surface area contributed by atoms with Gasteiger partial charge in [0, 0.05) is 26.3 Å². The molecule has 0 aliphatic carbocycles. The zero-order valence-electron chi connectivity index (χ0n) is 10.8. The van der Waals surface area contributed by atoms with Crippen molar-refractivity contribution in [1.82, 2.24) is 0 Å². The minimum absolute atomic E-state index is 0.0602. The Bertz CT molecular complexity index is 735. The molecule has 0 spiro atoms. The van der Waals surface area contributed by atoms with E-state index in [-0.39, 0.29) is 11.4 Å². The largest absolute Gasteiger partial charge is 0.323 e. The number of amides is 2. The molecule has 2 N–H and O–H groups in total. The summed E-state index contributed by atoms with van der Waals surface area (Å²) in [6, 6.07) is 8.10. The van der Waals surface area contributed by atoms with Crippen LogP contribution in [0.25, 0.3) is 0 Å². The molecule has 0 unspecified atom stereocenters. The zero-order valence-corrected chi connectivity index (χ0v) is 13.9. The van der Waals surface area contributed by atoms with E-state index in [0.29, 0.717) is 20.2 Å². The normalized spacial score (nSPS) is 10.1. The molecule has 9 heteroatoms. The SMILES string of the molecule is O=C(Nc1cc(Cl)cc(Cl)c1)Nc1cc(Br)ccc1[N+](=O)[O-]. The van der Waals surface area contributed by atoms with Gasteiger partial charge in [0.15, 0.2) is 0 Å². The van der Waals surface area contributed by atoms with Gasteiger partial charge in [0.2, 0.25) is 0 Å². The van der Waals surface area contributed by atoms with Crippen LogP contribution in [-0.4, -0.2) is 11.0 Å². The lowest BCUT2D eigenvalue weighted by Gasteiger charge is -2.09. The standard InChI is InChI=1S/C13H8BrCl2N3O3/c14-7-1-2-12(19(21)22)11(3-7)18-13(20)17-10-5-8(15)4-9(16)6-10/h1-6H,(H2,17,18,20). The van der Waals surface area contributed by atoms with Crippen molar-refractivity contribution in [3.8, 4) is 0 Å². The minimum atomic E-state index is -0.653. The van der Waals surface area contributed by atoms with E-state index in [2.05, 4.69) is 26.6 Å². The molecule has 0 saturated carbocycles. The van der Waals surface area contributed by atoms with E-state index >= 15 is 0 Å². The van der Waals surface area contributed by atoms with Crippen molar-refractivity contribution in [2.24, 2.45) is 0 Å². The van der Waals surface area contributed by atoms with Crippen molar-refractivity contribution < 1.29 is 9.72 Å². The first-order chi connectivity index (χ1) is 10.3. The summed E-state index contributed by atoms with van der Waals surface area (Å²) in [6.45, 7) is 0. The number of anilines is 2. The van der Waals surface area contributed by atoms with Gasteiger partial charge < -0.3 is 10.6 Å². The number of halogens is 3. The summed E-state index contributed by atoms with van der Waals surface area (Å²) >= 11 is 14.9. The van der Waals surface area contributed by atoms with Gasteiger partial charge in [-0.05, 0) is 30.3 Å². The van der Waals surface area contributed by atoms with Gasteiger partial charge in [0.1, 0.15) is 5.69 Å². The van der Waals surface area contributed by atoms with Crippen LogP contribution in [0.1, 0.15) is 0 Å². The van der Waals surface area contributed by atoms with E-state index in [9.17, 15) is 14.9 Å². The molecule has 2 amide bonds. The van der Waals surface area contributed by atoms with Crippen molar-refractivity contribution in [3.05, 3.63) is 61.0 Å². The summed E-state index contributed by atoms with van der Waals surface area (Å²) in [4.78, 5) is 22.3. The zero-order chi connectivity index (χ0) is 16.3. The summed E-state index contributed by atoms with van der Waals surface area (Å²) in [5, 5.41) is 16.6. The number of carbonyl (C=O) groups excluding carboxylic acids is 1. The third-order valence-corrected chi connectivity index (χ3v) is 3.45. The van der Waals surface area contributed by atoms with E-state index in [1.165, 1.54) is 36.4 Å². The number of benzene rings is 2. The molecule has 2 rings (SSSR count). The van der Waals surface area contributed by atoms with Crippen LogP contribution in [0.3, 0.4) is 0 Å². The Morgan fingerprint density at radius 1 is 1.09 bits per heavy atom. The average molecular weight is 405 g/mol. The highest BCUT2D eigenvalue weighted by atomic mass is 79.9. The average Bonchev–Trinajstić information content (AvgIpc) is 2.36. The predicted octanol–water partition coefficient (Wildman–Crippen LogP) is 5.31. The topological polar surface area (TPSA) is 84.3 Å². The van der Waals surface area contributed by atoms with E-state index in [4.69, 9.17) is 23.2 Å². The monoisotopic (exact) mass is 403 g/mol. The van der Waals surface area contributed by atoms with Crippen LogP contribution in [0.15, 0.2) is 40.9 Å². The Morgan fingerprint density at radius 2 is 1.73 bits per heavy atom. The summed E-state index contributed by atoms with van der Waals surface area (Å²) in [7, 11) is 0. The molecular formula is C13H8BrCl2N3O3. The van der Waals surface area contributed by atoms with Gasteiger partial charge in [-0.2, -0.15) is 0 Å². The van der Waals surface area contributed by atoms with Crippen molar-refractivity contribution in [2.45, 2.75) is 0 Å². The molecule has 0 radical (unpaired) electrons. The fourth-order valence-corrected chi connectivity index (χ4v) is 2.57. The van der Waals surface area contributed by atoms with Crippen molar-refractivity contribution in [1.29, 1.82) is 0 Å². The Morgan fingerprint density at radius 3 is 2.32 bits per heavy atom. The molecule has 0 aliphatic rings. The minimum Gasteiger partial charge on any atom is -0.308 e. The second kappa shape index (κ2) is 6.95. The summed E-state index contributed by atoms with van der Waals surface area (Å²) in [5.74, 6) is 0. The van der Waals surface area contributed by atoms with Crippen molar-refractivity contribution in [2.75, 3.05) is 10.6 Å². The number of hydrogen-bond acceptors (Lipinski definition) is 3. The van der Waals surface area contributed by atoms with Crippen LogP contribution < -0.4 is 10.6 Å². The fraction of sp³-hybridized carbons (Fsp3) is 0. The number of nitrogens with one attached hydrogen (secondary N) is 2. The second-order valence-electron chi connectivity index (χ2n) is 4.16. The molecular weight excluding hydrogens is 397 g/mol. The third kappa shape index (κ3) is 4.33. The molecule has 2 aromatic carbocycles. The van der Waals surface area contributed by atoms with Crippen LogP contribution >= 0.6 is 39.1 Å². The van der Waals surface area contributed by atoms with Crippen LogP contribution in [0.2, 0.25) is 10.0 Å². The molecule has 0 fully saturated rings. The third-order valence-electron chi connectivity index (χ3n) is 2.52. The highest BCUT2D eigenvalue weighted by Crippen LogP contribution is 2.28. The van der Waals surface area contributed by atoms with E-state index in [1.807, 2.05) is 0 Å². The number of rotatable bonds is 3. The Hall–Kier alpha value is -1.83. The molecule has 0 aromatic heterocycles. The van der Waals surface area contributed by atoms with Crippen molar-refractivity contribution >= 4 is 62.2 Å². The van der Waals surface area contributed by atoms with Crippen LogP contribution in [-0.2, 0) is 0 Å². The molecule has 0 aliphatic heterocycles. The first-order valence-electron chi connectivity index (χ1n) is 5.83. The smallest absolute Gasteiger partial charge is 0.308 e. The van der Waals surface area contributed by atoms with Gasteiger partial charge >= 0.3 is 6.03 Å². The number of hydrogen-bond donors (Lipinski definition) is 2. The van der Waals surface area contributed by atoms with Crippen LogP contribution in [0, 0.1) is 10.1 Å². The van der Waals surface area contributed by atoms with Gasteiger partial charge in [-0.3, -0.25) is 10.1 Å². The van der Waals surface area contributed by atoms with Gasteiger partial charge in [-0.25, -0.2) is 4.79 Å². The van der Waals surface area contributed by atoms with Gasteiger partial charge in [-0.1, -0.05) is 39.1 Å². The Balaban J connectivity index is 2.18. The second-order valence-corrected chi connectivity index (χ2v) is 5.94. The number of nitro benzene ring substituents is 1. The van der Waals surface area contributed by atoms with Gasteiger partial charge in [-0.15, -0.1) is 0 Å². The molecule has 0 bridgehead atoms. The van der Waals surface area contributed by atoms with E-state index in [0.717, 1.165) is 0 Å². The summed E-state index contributed by atoms with van der Waals surface area (Å²) in [6.07, 6.45) is 0. The van der Waals surface area contributed by atoms with E-state index in [1.54, 1.807) is 0 Å². The quantitative estimate of drug-likeness (QED) is 0.537. The lowest BCUT2D eigenvalue weighted by atomic mass is 10.2. The molecule has 0 atom stereocenters. The molecule has 0 heterocycles. The molecule has 6 nitrogen and oxygen atoms in total. The maximum Gasteiger partial charge on any atom is 0.323 e. The fourth-order valence-electron chi connectivity index (χ4n) is 1.68. The lowest BCUT2D eigenvalue weighted by molar-refractivity contribution is -0.383. The van der Waals surface area contributed by atoms with Gasteiger partial charge in [0.25, 0.3) is 5.69 Å². The lowest BCUT2D eigenvalue weighted by Crippen LogP contribution is -2.20. The Kier molecular flexibility index (Phi) is 5.23. The first-order valence-corrected chi connectivity index (χ1v) is 7.38. The number of urea groups is 1. The molecule has 114 valence electrons. The maximum atomic E-state index is 11.9. The molecule has 2 aromatic rings. The predicted molar refractivity (Wildman–Crippen MR) is 89.9 cm³/mol. The van der Waals surface area contributed by atoms with Crippen LogP contribution in [0.4, 0.5) is 21.9 Å². The summed E-state index contributed by atoms with van der Waals surface area (Å²) in [5.41, 5.74) is 0.208. The Labute approximate surface area is 143 Å². The van der Waals surface area contributed by atoms with Crippen molar-refractivity contribution in [3.63, 3.8) is 0 Å². The molecule has 22 heavy (non-hydrogen) atoms. The number of nitro groups is 1. The van der Waals surface area contributed by atoms with E-state index < -0.39 is 11.0 Å². The number of nitrogens with zero attached hydrogens (tertiary/aromatic N) is 1. The number of carbonyl (C=O) groups is 1. The highest BCUT2D eigenvalue weighted by molar-refractivity contribution is 9.10.